The van der Waals surface area contributed by atoms with E-state index < -0.39 is 0 Å². The van der Waals surface area contributed by atoms with Gasteiger partial charge in [0.05, 0.1) is 5.69 Å². The molecule has 0 aliphatic carbocycles. The van der Waals surface area contributed by atoms with E-state index in [2.05, 4.69) is 17.4 Å². The Kier molecular flexibility index (Phi) is 2.46. The standard InChI is InChI=1S/C10H17N3O/c1-10(2-4-12-5-3-10)7-8-6-9(11)14-13-8/h6,12H,2-5,7,11H2,1H3. The van der Waals surface area contributed by atoms with Crippen LogP contribution < -0.4 is 11.1 Å². The van der Waals surface area contributed by atoms with Crippen molar-refractivity contribution in [2.75, 3.05) is 18.8 Å². The molecule has 3 N–H and O–H groups in total. The van der Waals surface area contributed by atoms with Crippen LogP contribution >= 0.6 is 0 Å². The van der Waals surface area contributed by atoms with Crippen LogP contribution in [0.15, 0.2) is 10.6 Å². The molecule has 0 spiro atoms. The zero-order chi connectivity index (χ0) is 10.0. The third-order valence-electron chi connectivity index (χ3n) is 3.00. The summed E-state index contributed by atoms with van der Waals surface area (Å²) in [5, 5.41) is 7.30. The summed E-state index contributed by atoms with van der Waals surface area (Å²) in [6.45, 7) is 4.51. The molecule has 2 heterocycles. The van der Waals surface area contributed by atoms with Crippen molar-refractivity contribution in [2.45, 2.75) is 26.2 Å². The minimum absolute atomic E-state index is 0.356. The van der Waals surface area contributed by atoms with Gasteiger partial charge in [-0.25, -0.2) is 0 Å². The highest BCUT2D eigenvalue weighted by Crippen LogP contribution is 2.31. The Balaban J connectivity index is 2.01. The Labute approximate surface area is 83.8 Å². The van der Waals surface area contributed by atoms with E-state index in [4.69, 9.17) is 10.3 Å². The summed E-state index contributed by atoms with van der Waals surface area (Å²) in [6, 6.07) is 1.83. The molecule has 2 rings (SSSR count). The predicted octanol–water partition coefficient (Wildman–Crippen LogP) is 1.19. The monoisotopic (exact) mass is 195 g/mol. The molecule has 0 aromatic carbocycles. The number of nitrogens with zero attached hydrogens (tertiary/aromatic N) is 1. The average Bonchev–Trinajstić information content (AvgIpc) is 2.51. The second kappa shape index (κ2) is 3.61. The van der Waals surface area contributed by atoms with Gasteiger partial charge in [-0.15, -0.1) is 0 Å². The molecule has 78 valence electrons. The van der Waals surface area contributed by atoms with Gasteiger partial charge in [0.1, 0.15) is 0 Å². The lowest BCUT2D eigenvalue weighted by atomic mass is 9.77. The topological polar surface area (TPSA) is 64.1 Å². The number of aromatic nitrogens is 1. The lowest BCUT2D eigenvalue weighted by Crippen LogP contribution is -2.36. The molecule has 4 heteroatoms. The second-order valence-electron chi connectivity index (χ2n) is 4.46. The molecule has 4 nitrogen and oxygen atoms in total. The fourth-order valence-corrected chi connectivity index (χ4v) is 2.06. The third kappa shape index (κ3) is 2.07. The van der Waals surface area contributed by atoms with E-state index >= 15 is 0 Å². The summed E-state index contributed by atoms with van der Waals surface area (Å²) in [7, 11) is 0. The van der Waals surface area contributed by atoms with Crippen LogP contribution in [0.25, 0.3) is 0 Å². The molecule has 1 saturated heterocycles. The van der Waals surface area contributed by atoms with Crippen LogP contribution in [0.1, 0.15) is 25.5 Å². The fraction of sp³-hybridized carbons (Fsp3) is 0.700. The number of anilines is 1. The van der Waals surface area contributed by atoms with E-state index in [0.717, 1.165) is 25.2 Å². The van der Waals surface area contributed by atoms with Crippen molar-refractivity contribution in [3.63, 3.8) is 0 Å². The summed E-state index contributed by atoms with van der Waals surface area (Å²) in [6.07, 6.45) is 3.36. The average molecular weight is 195 g/mol. The molecule has 1 aromatic heterocycles. The number of piperidine rings is 1. The van der Waals surface area contributed by atoms with E-state index in [-0.39, 0.29) is 0 Å². The Morgan fingerprint density at radius 2 is 2.29 bits per heavy atom. The maximum Gasteiger partial charge on any atom is 0.222 e. The summed E-state index contributed by atoms with van der Waals surface area (Å²) in [5.41, 5.74) is 6.82. The number of hydrogen-bond acceptors (Lipinski definition) is 4. The summed E-state index contributed by atoms with van der Waals surface area (Å²) in [5.74, 6) is 0.414. The normalized spacial score (nSPS) is 20.9. The van der Waals surface area contributed by atoms with Crippen LogP contribution in [0.3, 0.4) is 0 Å². The van der Waals surface area contributed by atoms with E-state index in [9.17, 15) is 0 Å². The van der Waals surface area contributed by atoms with Crippen molar-refractivity contribution in [1.82, 2.24) is 10.5 Å². The quantitative estimate of drug-likeness (QED) is 0.744. The van der Waals surface area contributed by atoms with Crippen LogP contribution in [-0.2, 0) is 6.42 Å². The molecule has 0 radical (unpaired) electrons. The first-order valence-electron chi connectivity index (χ1n) is 5.10. The van der Waals surface area contributed by atoms with Crippen molar-refractivity contribution in [3.8, 4) is 0 Å². The molecule has 1 fully saturated rings. The zero-order valence-electron chi connectivity index (χ0n) is 8.55. The second-order valence-corrected chi connectivity index (χ2v) is 4.46. The van der Waals surface area contributed by atoms with E-state index in [1.54, 1.807) is 0 Å². The van der Waals surface area contributed by atoms with Gasteiger partial charge >= 0.3 is 0 Å². The van der Waals surface area contributed by atoms with Gasteiger partial charge in [-0.05, 0) is 37.8 Å². The van der Waals surface area contributed by atoms with E-state index in [0.29, 0.717) is 11.3 Å². The number of nitrogens with two attached hydrogens (primary N) is 1. The summed E-state index contributed by atoms with van der Waals surface area (Å²) in [4.78, 5) is 0. The van der Waals surface area contributed by atoms with Crippen LogP contribution in [0.5, 0.6) is 0 Å². The van der Waals surface area contributed by atoms with Gasteiger partial charge in [-0.1, -0.05) is 12.1 Å². The minimum Gasteiger partial charge on any atom is -0.368 e. The smallest absolute Gasteiger partial charge is 0.222 e. The molecule has 1 aliphatic heterocycles. The van der Waals surface area contributed by atoms with Gasteiger partial charge in [-0.3, -0.25) is 0 Å². The van der Waals surface area contributed by atoms with Gasteiger partial charge in [0.2, 0.25) is 5.88 Å². The van der Waals surface area contributed by atoms with Crippen LogP contribution in [0.2, 0.25) is 0 Å². The molecular formula is C10H17N3O. The number of nitrogen functional groups attached to an aromatic ring is 1. The number of rotatable bonds is 2. The number of hydrogen-bond donors (Lipinski definition) is 2. The lowest BCUT2D eigenvalue weighted by Gasteiger charge is -2.33. The molecular weight excluding hydrogens is 178 g/mol. The molecule has 0 atom stereocenters. The number of nitrogens with one attached hydrogen (secondary N) is 1. The summed E-state index contributed by atoms with van der Waals surface area (Å²) >= 11 is 0. The predicted molar refractivity (Wildman–Crippen MR) is 54.8 cm³/mol. The lowest BCUT2D eigenvalue weighted by molar-refractivity contribution is 0.223. The zero-order valence-corrected chi connectivity index (χ0v) is 8.55. The van der Waals surface area contributed by atoms with Gasteiger partial charge in [0.15, 0.2) is 0 Å². The maximum absolute atomic E-state index is 5.49. The van der Waals surface area contributed by atoms with Crippen molar-refractivity contribution in [2.24, 2.45) is 5.41 Å². The van der Waals surface area contributed by atoms with E-state index in [1.165, 1.54) is 12.8 Å². The Bertz CT molecular complexity index is 302. The fourth-order valence-electron chi connectivity index (χ4n) is 2.06. The van der Waals surface area contributed by atoms with Gasteiger partial charge in [0, 0.05) is 6.07 Å². The molecule has 0 bridgehead atoms. The van der Waals surface area contributed by atoms with Crippen molar-refractivity contribution in [1.29, 1.82) is 0 Å². The highest BCUT2D eigenvalue weighted by Gasteiger charge is 2.27. The molecule has 0 saturated carbocycles. The third-order valence-corrected chi connectivity index (χ3v) is 3.00. The van der Waals surface area contributed by atoms with Gasteiger partial charge in [0.25, 0.3) is 0 Å². The Hall–Kier alpha value is -1.03. The first kappa shape index (κ1) is 9.52. The molecule has 14 heavy (non-hydrogen) atoms. The summed E-state index contributed by atoms with van der Waals surface area (Å²) < 4.78 is 4.86. The Morgan fingerprint density at radius 3 is 2.86 bits per heavy atom. The van der Waals surface area contributed by atoms with Crippen molar-refractivity contribution < 1.29 is 4.52 Å². The highest BCUT2D eigenvalue weighted by atomic mass is 16.5. The molecule has 0 unspecified atom stereocenters. The first-order chi connectivity index (χ1) is 6.68. The van der Waals surface area contributed by atoms with Gasteiger partial charge < -0.3 is 15.6 Å². The highest BCUT2D eigenvalue weighted by molar-refractivity contribution is 5.24. The van der Waals surface area contributed by atoms with Crippen LogP contribution in [-0.4, -0.2) is 18.2 Å². The molecule has 1 aromatic rings. The first-order valence-corrected chi connectivity index (χ1v) is 5.10. The van der Waals surface area contributed by atoms with Crippen molar-refractivity contribution in [3.05, 3.63) is 11.8 Å². The van der Waals surface area contributed by atoms with Crippen molar-refractivity contribution >= 4 is 5.88 Å². The molecule has 0 amide bonds. The van der Waals surface area contributed by atoms with E-state index in [1.807, 2.05) is 6.07 Å². The maximum atomic E-state index is 5.49. The SMILES string of the molecule is CC1(Cc2cc(N)on2)CCNCC1. The largest absolute Gasteiger partial charge is 0.368 e. The minimum atomic E-state index is 0.356. The Morgan fingerprint density at radius 1 is 1.57 bits per heavy atom. The van der Waals surface area contributed by atoms with Crippen LogP contribution in [0.4, 0.5) is 5.88 Å². The van der Waals surface area contributed by atoms with Crippen LogP contribution in [0, 0.1) is 5.41 Å². The van der Waals surface area contributed by atoms with Gasteiger partial charge in [-0.2, -0.15) is 0 Å². The molecule has 1 aliphatic rings.